The summed E-state index contributed by atoms with van der Waals surface area (Å²) < 4.78 is 11.0. The Morgan fingerprint density at radius 3 is 2.42 bits per heavy atom. The second kappa shape index (κ2) is 12.3. The number of carbonyl (C=O) groups excluding carboxylic acids is 1. The lowest BCUT2D eigenvalue weighted by Gasteiger charge is -2.40. The lowest BCUT2D eigenvalue weighted by molar-refractivity contribution is 0.00928. The quantitative estimate of drug-likeness (QED) is 0.223. The minimum absolute atomic E-state index is 0. The largest absolute Gasteiger partial charge is 0.444 e. The highest BCUT2D eigenvalue weighted by atomic mass is 127. The Balaban J connectivity index is 0.00000385. The number of aryl methyl sites for hydroxylation is 2. The van der Waals surface area contributed by atoms with Crippen LogP contribution in [0, 0.1) is 19.8 Å². The summed E-state index contributed by atoms with van der Waals surface area (Å²) in [6.45, 7) is 13.2. The number of guanidine groups is 1. The van der Waals surface area contributed by atoms with Gasteiger partial charge in [-0.3, -0.25) is 4.99 Å². The number of carbonyl (C=O) groups is 1. The van der Waals surface area contributed by atoms with E-state index in [9.17, 15) is 4.79 Å². The maximum atomic E-state index is 12.9. The topological polar surface area (TPSA) is 83.2 Å². The van der Waals surface area contributed by atoms with Crippen LogP contribution in [-0.4, -0.2) is 71.9 Å². The fourth-order valence-electron chi connectivity index (χ4n) is 4.32. The highest BCUT2D eigenvalue weighted by molar-refractivity contribution is 14.0. The zero-order valence-electron chi connectivity index (χ0n) is 21.1. The number of ether oxygens (including phenoxy) is 1. The van der Waals surface area contributed by atoms with Crippen LogP contribution in [-0.2, 0) is 11.2 Å². The molecule has 1 amide bonds. The smallest absolute Gasteiger partial charge is 0.410 e. The van der Waals surface area contributed by atoms with Crippen LogP contribution in [0.3, 0.4) is 0 Å². The van der Waals surface area contributed by atoms with E-state index in [1.807, 2.05) is 46.6 Å². The van der Waals surface area contributed by atoms with Gasteiger partial charge in [0.2, 0.25) is 0 Å². The molecule has 0 unspecified atom stereocenters. The number of hydrogen-bond donors (Lipinski definition) is 1. The number of amides is 1. The Bertz CT molecular complexity index is 773. The fraction of sp³-hybridized carbons (Fsp3) is 0.792. The predicted molar refractivity (Wildman–Crippen MR) is 141 cm³/mol. The van der Waals surface area contributed by atoms with E-state index < -0.39 is 5.60 Å². The number of rotatable bonds is 7. The first kappa shape index (κ1) is 27.7. The van der Waals surface area contributed by atoms with Gasteiger partial charge in [0.05, 0.1) is 5.69 Å². The Hall–Kier alpha value is -1.52. The molecule has 2 fully saturated rings. The van der Waals surface area contributed by atoms with Gasteiger partial charge < -0.3 is 24.4 Å². The van der Waals surface area contributed by atoms with E-state index >= 15 is 0 Å². The van der Waals surface area contributed by atoms with Crippen molar-refractivity contribution < 1.29 is 14.1 Å². The summed E-state index contributed by atoms with van der Waals surface area (Å²) in [5.41, 5.74) is 1.73. The molecular weight excluding hydrogens is 533 g/mol. The van der Waals surface area contributed by atoms with Crippen molar-refractivity contribution in [3.8, 4) is 0 Å². The van der Waals surface area contributed by atoms with Crippen LogP contribution >= 0.6 is 24.0 Å². The summed E-state index contributed by atoms with van der Waals surface area (Å²) in [5.74, 6) is 2.50. The molecule has 3 rings (SSSR count). The van der Waals surface area contributed by atoms with Crippen molar-refractivity contribution in [3.63, 3.8) is 0 Å². The number of nitrogens with one attached hydrogen (secondary N) is 1. The third kappa shape index (κ3) is 8.33. The number of nitrogens with zero attached hydrogens (tertiary/aromatic N) is 4. The normalized spacial score (nSPS) is 17.5. The molecule has 1 N–H and O–H groups in total. The van der Waals surface area contributed by atoms with Crippen LogP contribution in [0.1, 0.15) is 69.9 Å². The molecule has 1 aromatic heterocycles. The van der Waals surface area contributed by atoms with E-state index in [0.29, 0.717) is 5.92 Å². The molecule has 33 heavy (non-hydrogen) atoms. The molecule has 0 aromatic carbocycles. The molecule has 1 aliphatic heterocycles. The molecule has 1 saturated carbocycles. The standard InChI is InChI=1S/C24H41N5O3.HI/c1-17-21(18(2)32-27-17)8-7-13-26-22(25-6)28-14-11-20(12-15-28)29(16-19-9-10-19)23(30)31-24(3,4)5;/h19-20H,7-16H2,1-6H3,(H,25,26);1H. The molecule has 0 spiro atoms. The molecule has 0 radical (unpaired) electrons. The lowest BCUT2D eigenvalue weighted by atomic mass is 10.0. The van der Waals surface area contributed by atoms with Crippen molar-refractivity contribution in [2.45, 2.75) is 84.8 Å². The van der Waals surface area contributed by atoms with Crippen LogP contribution in [0.15, 0.2) is 9.52 Å². The Morgan fingerprint density at radius 1 is 1.24 bits per heavy atom. The molecule has 1 aliphatic carbocycles. The number of hydrogen-bond acceptors (Lipinski definition) is 5. The molecule has 188 valence electrons. The maximum Gasteiger partial charge on any atom is 0.410 e. The van der Waals surface area contributed by atoms with Crippen molar-refractivity contribution >= 4 is 36.0 Å². The molecule has 1 aromatic rings. The summed E-state index contributed by atoms with van der Waals surface area (Å²) >= 11 is 0. The van der Waals surface area contributed by atoms with Gasteiger partial charge in [-0.15, -0.1) is 24.0 Å². The first-order valence-corrected chi connectivity index (χ1v) is 12.0. The third-order valence-corrected chi connectivity index (χ3v) is 6.26. The molecule has 9 heteroatoms. The Labute approximate surface area is 215 Å². The number of piperidine rings is 1. The second-order valence-electron chi connectivity index (χ2n) is 10.2. The highest BCUT2D eigenvalue weighted by Gasteiger charge is 2.35. The Morgan fingerprint density at radius 2 is 1.91 bits per heavy atom. The average molecular weight is 576 g/mol. The number of aromatic nitrogens is 1. The monoisotopic (exact) mass is 575 g/mol. The Kier molecular flexibility index (Phi) is 10.3. The van der Waals surface area contributed by atoms with Crippen molar-refractivity contribution in [2.24, 2.45) is 10.9 Å². The molecule has 2 aliphatic rings. The SMILES string of the molecule is CN=C(NCCCc1c(C)noc1C)N1CCC(N(CC2CC2)C(=O)OC(C)(C)C)CC1.I. The number of aliphatic imine (C=N–C) groups is 1. The molecular formula is C24H42IN5O3. The van der Waals surface area contributed by atoms with Crippen molar-refractivity contribution in [2.75, 3.05) is 33.2 Å². The van der Waals surface area contributed by atoms with Crippen molar-refractivity contribution in [1.82, 2.24) is 20.3 Å². The minimum atomic E-state index is -0.463. The summed E-state index contributed by atoms with van der Waals surface area (Å²) in [7, 11) is 1.84. The van der Waals surface area contributed by atoms with E-state index in [1.54, 1.807) is 0 Å². The van der Waals surface area contributed by atoms with Crippen LogP contribution in [0.25, 0.3) is 0 Å². The number of halogens is 1. The first-order chi connectivity index (χ1) is 15.2. The van der Waals surface area contributed by atoms with Gasteiger partial charge in [-0.25, -0.2) is 4.79 Å². The van der Waals surface area contributed by atoms with Gasteiger partial charge >= 0.3 is 6.09 Å². The minimum Gasteiger partial charge on any atom is -0.444 e. The maximum absolute atomic E-state index is 12.9. The van der Waals surface area contributed by atoms with Gasteiger partial charge in [0.25, 0.3) is 0 Å². The highest BCUT2D eigenvalue weighted by Crippen LogP contribution is 2.32. The van der Waals surface area contributed by atoms with Crippen molar-refractivity contribution in [3.05, 3.63) is 17.0 Å². The van der Waals surface area contributed by atoms with Crippen LogP contribution in [0.2, 0.25) is 0 Å². The van der Waals surface area contributed by atoms with E-state index in [0.717, 1.165) is 69.3 Å². The van der Waals surface area contributed by atoms with Gasteiger partial charge in [0, 0.05) is 44.8 Å². The summed E-state index contributed by atoms with van der Waals surface area (Å²) in [6.07, 6.45) is 6.10. The van der Waals surface area contributed by atoms with Gasteiger partial charge in [-0.2, -0.15) is 0 Å². The van der Waals surface area contributed by atoms with Gasteiger partial charge in [0.1, 0.15) is 11.4 Å². The first-order valence-electron chi connectivity index (χ1n) is 12.0. The number of likely N-dealkylation sites (tertiary alicyclic amines) is 1. The zero-order valence-corrected chi connectivity index (χ0v) is 23.5. The van der Waals surface area contributed by atoms with Gasteiger partial charge in [-0.05, 0) is 79.1 Å². The van der Waals surface area contributed by atoms with Crippen LogP contribution < -0.4 is 5.32 Å². The van der Waals surface area contributed by atoms with Crippen LogP contribution in [0.5, 0.6) is 0 Å². The van der Waals surface area contributed by atoms with E-state index in [2.05, 4.69) is 20.4 Å². The van der Waals surface area contributed by atoms with E-state index in [4.69, 9.17) is 9.26 Å². The molecule has 0 bridgehead atoms. The predicted octanol–water partition coefficient (Wildman–Crippen LogP) is 4.53. The van der Waals surface area contributed by atoms with E-state index in [1.165, 1.54) is 18.4 Å². The third-order valence-electron chi connectivity index (χ3n) is 6.26. The van der Waals surface area contributed by atoms with Crippen LogP contribution in [0.4, 0.5) is 4.79 Å². The average Bonchev–Trinajstić information content (AvgIpc) is 3.50. The lowest BCUT2D eigenvalue weighted by Crippen LogP contribution is -2.52. The molecule has 0 atom stereocenters. The second-order valence-corrected chi connectivity index (χ2v) is 10.2. The summed E-state index contributed by atoms with van der Waals surface area (Å²) in [4.78, 5) is 21.6. The van der Waals surface area contributed by atoms with Gasteiger partial charge in [0.15, 0.2) is 5.96 Å². The molecule has 8 nitrogen and oxygen atoms in total. The molecule has 1 saturated heterocycles. The summed E-state index contributed by atoms with van der Waals surface area (Å²) in [5, 5.41) is 7.53. The van der Waals surface area contributed by atoms with E-state index in [-0.39, 0.29) is 36.1 Å². The van der Waals surface area contributed by atoms with Gasteiger partial charge in [-0.1, -0.05) is 5.16 Å². The molecule has 2 heterocycles. The fourth-order valence-corrected chi connectivity index (χ4v) is 4.32. The van der Waals surface area contributed by atoms with Crippen molar-refractivity contribution in [1.29, 1.82) is 0 Å². The summed E-state index contributed by atoms with van der Waals surface area (Å²) in [6, 6.07) is 0.236. The zero-order chi connectivity index (χ0) is 23.3.